The van der Waals surface area contributed by atoms with Crippen LogP contribution >= 0.6 is 0 Å². The zero-order chi connectivity index (χ0) is 44.5. The van der Waals surface area contributed by atoms with E-state index in [2.05, 4.69) is 0 Å². The van der Waals surface area contributed by atoms with Crippen LogP contribution in [0, 0.1) is 0 Å². The quantitative estimate of drug-likeness (QED) is 0.0691. The minimum Gasteiger partial charge on any atom is -0.387 e. The zero-order valence-corrected chi connectivity index (χ0v) is 36.3. The van der Waals surface area contributed by atoms with Gasteiger partial charge in [0.1, 0.15) is 48.8 Å². The van der Waals surface area contributed by atoms with Crippen LogP contribution < -0.4 is 0 Å². The number of aliphatic hydroxyl groups is 2. The predicted molar refractivity (Wildman–Crippen MR) is 243 cm³/mol. The summed E-state index contributed by atoms with van der Waals surface area (Å²) in [6.45, 7) is 1.37. The van der Waals surface area contributed by atoms with E-state index in [1.807, 2.05) is 182 Å². The van der Waals surface area contributed by atoms with E-state index < -0.39 is 61.4 Å². The minimum atomic E-state index is -1.46. The van der Waals surface area contributed by atoms with Gasteiger partial charge in [-0.2, -0.15) is 0 Å². The molecule has 2 fully saturated rings. The summed E-state index contributed by atoms with van der Waals surface area (Å²) in [4.78, 5) is 0. The highest BCUT2D eigenvalue weighted by atomic mass is 16.7. The van der Waals surface area contributed by atoms with Gasteiger partial charge in [-0.3, -0.25) is 0 Å². The zero-order valence-electron chi connectivity index (χ0n) is 36.3. The van der Waals surface area contributed by atoms with Gasteiger partial charge in [0.05, 0.1) is 52.9 Å². The van der Waals surface area contributed by atoms with Gasteiger partial charge in [0.15, 0.2) is 12.6 Å². The summed E-state index contributed by atoms with van der Waals surface area (Å²) >= 11 is 0. The highest BCUT2D eigenvalue weighted by molar-refractivity contribution is 5.18. The molecule has 2 aliphatic rings. The molecule has 2 aliphatic heterocycles. The Hall–Kier alpha value is -5.12. The average Bonchev–Trinajstić information content (AvgIpc) is 3.35. The van der Waals surface area contributed by atoms with Gasteiger partial charge in [0, 0.05) is 0 Å². The summed E-state index contributed by atoms with van der Waals surface area (Å²) < 4.78 is 59.6. The summed E-state index contributed by atoms with van der Waals surface area (Å²) in [5.74, 6) is 0. The number of aliphatic hydroxyl groups excluding tert-OH is 2. The van der Waals surface area contributed by atoms with Gasteiger partial charge in [0.25, 0.3) is 0 Å². The van der Waals surface area contributed by atoms with Gasteiger partial charge in [-0.05, 0) is 33.4 Å². The van der Waals surface area contributed by atoms with Crippen LogP contribution in [0.4, 0.5) is 0 Å². The Kier molecular flexibility index (Phi) is 17.4. The second-order valence-corrected chi connectivity index (χ2v) is 16.2. The molecule has 0 aliphatic carbocycles. The van der Waals surface area contributed by atoms with Crippen molar-refractivity contribution in [3.63, 3.8) is 0 Å². The van der Waals surface area contributed by atoms with E-state index in [9.17, 15) is 10.2 Å². The fraction of sp³-hybridized carbons (Fsp3) is 0.333. The van der Waals surface area contributed by atoms with Crippen molar-refractivity contribution < 1.29 is 52.8 Å². The van der Waals surface area contributed by atoms with E-state index in [0.717, 1.165) is 33.4 Å². The van der Waals surface area contributed by atoms with Crippen LogP contribution in [0.25, 0.3) is 0 Å². The van der Waals surface area contributed by atoms with Gasteiger partial charge >= 0.3 is 0 Å². The Morgan fingerprint density at radius 3 is 1.09 bits per heavy atom. The fourth-order valence-electron chi connectivity index (χ4n) is 8.02. The Morgan fingerprint density at radius 2 is 0.677 bits per heavy atom. The first-order valence-corrected chi connectivity index (χ1v) is 22.3. The molecule has 2 N–H and O–H groups in total. The van der Waals surface area contributed by atoms with Gasteiger partial charge in [0.2, 0.25) is 0 Å². The van der Waals surface area contributed by atoms with Gasteiger partial charge in [-0.15, -0.1) is 0 Å². The van der Waals surface area contributed by atoms with E-state index in [-0.39, 0.29) is 39.6 Å². The lowest BCUT2D eigenvalue weighted by molar-refractivity contribution is -0.373. The first kappa shape index (κ1) is 46.4. The Morgan fingerprint density at radius 1 is 0.338 bits per heavy atom. The van der Waals surface area contributed by atoms with Crippen molar-refractivity contribution in [2.24, 2.45) is 0 Å². The molecule has 340 valence electrons. The molecule has 0 bridgehead atoms. The lowest BCUT2D eigenvalue weighted by atomic mass is 9.96. The molecule has 2 heterocycles. The normalized spacial score (nSPS) is 25.6. The first-order valence-electron chi connectivity index (χ1n) is 22.3. The van der Waals surface area contributed by atoms with Crippen molar-refractivity contribution in [1.29, 1.82) is 0 Å². The second-order valence-electron chi connectivity index (χ2n) is 16.2. The summed E-state index contributed by atoms with van der Waals surface area (Å²) in [5.41, 5.74) is 5.59. The number of ether oxygens (including phenoxy) is 9. The van der Waals surface area contributed by atoms with Crippen molar-refractivity contribution in [2.75, 3.05) is 13.2 Å². The molecule has 0 amide bonds. The molecule has 6 aromatic carbocycles. The predicted octanol–water partition coefficient (Wildman–Crippen LogP) is 7.95. The van der Waals surface area contributed by atoms with Crippen molar-refractivity contribution in [3.8, 4) is 0 Å². The molecule has 6 aromatic rings. The number of hydrogen-bond donors (Lipinski definition) is 2. The van der Waals surface area contributed by atoms with Crippen LogP contribution in [0.3, 0.4) is 0 Å². The Bertz CT molecular complexity index is 2210. The van der Waals surface area contributed by atoms with Gasteiger partial charge in [-0.1, -0.05) is 182 Å². The molecule has 11 heteroatoms. The molecule has 11 nitrogen and oxygen atoms in total. The van der Waals surface area contributed by atoms with E-state index in [1.165, 1.54) is 0 Å². The molecule has 0 spiro atoms. The third-order valence-corrected chi connectivity index (χ3v) is 11.4. The summed E-state index contributed by atoms with van der Waals surface area (Å²) in [6.07, 6.45) is -10.5. The van der Waals surface area contributed by atoms with E-state index in [4.69, 9.17) is 42.6 Å². The van der Waals surface area contributed by atoms with Crippen LogP contribution in [0.2, 0.25) is 0 Å². The maximum absolute atomic E-state index is 12.2. The lowest BCUT2D eigenvalue weighted by Crippen LogP contribution is -2.66. The second kappa shape index (κ2) is 24.4. The highest BCUT2D eigenvalue weighted by Gasteiger charge is 2.53. The largest absolute Gasteiger partial charge is 0.387 e. The SMILES string of the molecule is O[C@@H]1[C@H](OCc2ccccc2)[C@@H](OCc2ccccc2)[C@@H](O[C@@H]2[C@@H](OCc3ccccc3)[C@H](O)O[C@H](COCc3ccccc3)[C@@H]2OCc2ccccc2)O[C@@H]1COCc1ccccc1. The number of benzene rings is 6. The van der Waals surface area contributed by atoms with Crippen molar-refractivity contribution in [3.05, 3.63) is 215 Å². The van der Waals surface area contributed by atoms with Crippen LogP contribution in [0.1, 0.15) is 33.4 Å². The molecule has 0 aromatic heterocycles. The van der Waals surface area contributed by atoms with Crippen molar-refractivity contribution >= 4 is 0 Å². The third kappa shape index (κ3) is 13.5. The van der Waals surface area contributed by atoms with E-state index >= 15 is 0 Å². The number of hydrogen-bond acceptors (Lipinski definition) is 11. The van der Waals surface area contributed by atoms with Crippen LogP contribution in [-0.4, -0.2) is 84.8 Å². The van der Waals surface area contributed by atoms with Crippen molar-refractivity contribution in [1.82, 2.24) is 0 Å². The Balaban J connectivity index is 1.14. The molecule has 0 radical (unpaired) electrons. The maximum atomic E-state index is 12.2. The molecule has 10 atom stereocenters. The van der Waals surface area contributed by atoms with Crippen molar-refractivity contribution in [2.45, 2.75) is 101 Å². The summed E-state index contributed by atoms with van der Waals surface area (Å²) in [5, 5.41) is 24.1. The smallest absolute Gasteiger partial charge is 0.187 e. The van der Waals surface area contributed by atoms with Gasteiger partial charge in [-0.25, -0.2) is 0 Å². The third-order valence-electron chi connectivity index (χ3n) is 11.4. The van der Waals surface area contributed by atoms with Crippen LogP contribution in [0.5, 0.6) is 0 Å². The first-order chi connectivity index (χ1) is 32.1. The molecule has 0 unspecified atom stereocenters. The summed E-state index contributed by atoms with van der Waals surface area (Å²) in [6, 6.07) is 58.6. The van der Waals surface area contributed by atoms with Gasteiger partial charge < -0.3 is 52.8 Å². The molecular weight excluding hydrogens is 825 g/mol. The maximum Gasteiger partial charge on any atom is 0.187 e. The lowest BCUT2D eigenvalue weighted by Gasteiger charge is -2.49. The number of rotatable bonds is 22. The Labute approximate surface area is 381 Å². The van der Waals surface area contributed by atoms with E-state index in [0.29, 0.717) is 13.2 Å². The standard InChI is InChI=1S/C54H58O11/c55-47-45(37-57-31-39-19-7-1-8-20-39)64-54(52(62-36-44-29-17-6-18-30-44)49(47)60-34-42-25-13-4-14-26-42)65-50-48(59-33-41-23-11-3-12-24-41)46(38-58-32-40-21-9-2-10-22-40)63-53(56)51(50)61-35-43-27-15-5-16-28-43/h1-30,45-56H,31-38H2/t45-,46-,47+,48+,49+,50+,51-,52-,53-,54-/m1/s1. The molecule has 8 rings (SSSR count). The molecule has 2 saturated heterocycles. The molecule has 65 heavy (non-hydrogen) atoms. The molecular formula is C54H58O11. The van der Waals surface area contributed by atoms with Crippen LogP contribution in [0.15, 0.2) is 182 Å². The monoisotopic (exact) mass is 882 g/mol. The molecule has 0 saturated carbocycles. The van der Waals surface area contributed by atoms with Crippen LogP contribution in [-0.2, 0) is 82.3 Å². The average molecular weight is 883 g/mol. The highest BCUT2D eigenvalue weighted by Crippen LogP contribution is 2.35. The minimum absolute atomic E-state index is 0.0146. The topological polar surface area (TPSA) is 124 Å². The van der Waals surface area contributed by atoms with E-state index in [1.54, 1.807) is 0 Å². The summed E-state index contributed by atoms with van der Waals surface area (Å²) in [7, 11) is 0. The fourth-order valence-corrected chi connectivity index (χ4v) is 8.02.